The molecule has 150 valence electrons. The van der Waals surface area contributed by atoms with Crippen molar-refractivity contribution in [3.8, 4) is 11.5 Å². The highest BCUT2D eigenvalue weighted by Gasteiger charge is 2.21. The Morgan fingerprint density at radius 2 is 1.62 bits per heavy atom. The van der Waals surface area contributed by atoms with E-state index in [2.05, 4.69) is 4.98 Å². The summed E-state index contributed by atoms with van der Waals surface area (Å²) >= 11 is 0. The molecule has 0 spiro atoms. The number of amides is 1. The van der Waals surface area contributed by atoms with Gasteiger partial charge in [0.1, 0.15) is 23.7 Å². The van der Waals surface area contributed by atoms with Crippen molar-refractivity contribution in [2.24, 2.45) is 0 Å². The Morgan fingerprint density at radius 3 is 2.28 bits per heavy atom. The van der Waals surface area contributed by atoms with E-state index < -0.39 is 5.97 Å². The Labute approximate surface area is 168 Å². The molecule has 0 fully saturated rings. The van der Waals surface area contributed by atoms with Gasteiger partial charge in [0.15, 0.2) is 0 Å². The van der Waals surface area contributed by atoms with Gasteiger partial charge in [0, 0.05) is 18.0 Å². The molecular weight excluding hydrogens is 372 g/mol. The number of para-hydroxylation sites is 1. The molecule has 1 heterocycles. The van der Waals surface area contributed by atoms with Crippen LogP contribution in [0, 0.1) is 0 Å². The van der Waals surface area contributed by atoms with Crippen molar-refractivity contribution >= 4 is 22.8 Å². The van der Waals surface area contributed by atoms with Gasteiger partial charge in [0.2, 0.25) is 0 Å². The number of hydrogen-bond donors (Lipinski definition) is 0. The number of carbonyl (C=O) groups excluding carboxylic acids is 2. The lowest BCUT2D eigenvalue weighted by atomic mass is 10.1. The molecule has 0 aliphatic heterocycles. The maximum atomic E-state index is 13.1. The number of esters is 1. The third kappa shape index (κ3) is 4.82. The second-order valence-corrected chi connectivity index (χ2v) is 6.35. The Bertz CT molecular complexity index is 1010. The number of fused-ring (bicyclic) bond motifs is 1. The summed E-state index contributed by atoms with van der Waals surface area (Å²) in [5.74, 6) is 0.291. The summed E-state index contributed by atoms with van der Waals surface area (Å²) in [4.78, 5) is 30.9. The van der Waals surface area contributed by atoms with Gasteiger partial charge in [-0.05, 0) is 29.8 Å². The highest BCUT2D eigenvalue weighted by Crippen LogP contribution is 2.24. The molecule has 0 saturated carbocycles. The molecule has 0 unspecified atom stereocenters. The first kappa shape index (κ1) is 20.1. The number of hydrogen-bond acceptors (Lipinski definition) is 6. The summed E-state index contributed by atoms with van der Waals surface area (Å²) in [6, 6.07) is 16.3. The summed E-state index contributed by atoms with van der Waals surface area (Å²) < 4.78 is 15.3. The topological polar surface area (TPSA) is 78.0 Å². The fourth-order valence-corrected chi connectivity index (χ4v) is 2.95. The number of pyridine rings is 1. The molecule has 2 aromatic carbocycles. The third-order valence-electron chi connectivity index (χ3n) is 4.44. The van der Waals surface area contributed by atoms with E-state index in [1.54, 1.807) is 38.5 Å². The van der Waals surface area contributed by atoms with Crippen molar-refractivity contribution in [1.29, 1.82) is 0 Å². The van der Waals surface area contributed by atoms with E-state index in [1.165, 1.54) is 12.0 Å². The number of aromatic nitrogens is 1. The van der Waals surface area contributed by atoms with Crippen LogP contribution in [0.2, 0.25) is 0 Å². The normalized spacial score (nSPS) is 10.4. The molecule has 3 rings (SSSR count). The van der Waals surface area contributed by atoms with E-state index in [4.69, 9.17) is 14.2 Å². The summed E-state index contributed by atoms with van der Waals surface area (Å²) in [7, 11) is 4.39. The zero-order valence-corrected chi connectivity index (χ0v) is 16.5. The van der Waals surface area contributed by atoms with Crippen molar-refractivity contribution in [3.63, 3.8) is 0 Å². The maximum absolute atomic E-state index is 13.1. The first-order valence-corrected chi connectivity index (χ1v) is 8.98. The van der Waals surface area contributed by atoms with Crippen molar-refractivity contribution < 1.29 is 23.8 Å². The predicted octanol–water partition coefficient (Wildman–Crippen LogP) is 3.07. The molecule has 0 aliphatic rings. The lowest BCUT2D eigenvalue weighted by Gasteiger charge is -2.22. The molecule has 0 N–H and O–H groups in total. The molecule has 0 radical (unpaired) electrons. The number of methoxy groups -OCH3 is 3. The molecule has 3 aromatic rings. The van der Waals surface area contributed by atoms with Crippen LogP contribution in [0.15, 0.2) is 54.6 Å². The monoisotopic (exact) mass is 394 g/mol. The fourth-order valence-electron chi connectivity index (χ4n) is 2.95. The van der Waals surface area contributed by atoms with E-state index >= 15 is 0 Å². The first-order chi connectivity index (χ1) is 14.0. The van der Waals surface area contributed by atoms with Crippen LogP contribution in [0.1, 0.15) is 16.1 Å². The van der Waals surface area contributed by atoms with Crippen LogP contribution in [0.25, 0.3) is 10.9 Å². The van der Waals surface area contributed by atoms with Gasteiger partial charge in [-0.3, -0.25) is 9.59 Å². The van der Waals surface area contributed by atoms with Crippen LogP contribution in [0.5, 0.6) is 11.5 Å². The molecule has 0 aliphatic carbocycles. The Hall–Kier alpha value is -3.61. The number of benzene rings is 2. The summed E-state index contributed by atoms with van der Waals surface area (Å²) in [6.45, 7) is -0.0423. The van der Waals surface area contributed by atoms with Crippen LogP contribution in [-0.4, -0.2) is 49.6 Å². The van der Waals surface area contributed by atoms with Gasteiger partial charge in [-0.1, -0.05) is 24.3 Å². The largest absolute Gasteiger partial charge is 0.497 e. The Balaban J connectivity index is 1.93. The lowest BCUT2D eigenvalue weighted by molar-refractivity contribution is -0.141. The number of carbonyl (C=O) groups is 2. The summed E-state index contributed by atoms with van der Waals surface area (Å²) in [5.41, 5.74) is 1.71. The van der Waals surface area contributed by atoms with Crippen LogP contribution in [-0.2, 0) is 16.1 Å². The van der Waals surface area contributed by atoms with Gasteiger partial charge in [0.05, 0.1) is 26.8 Å². The average Bonchev–Trinajstić information content (AvgIpc) is 2.77. The van der Waals surface area contributed by atoms with Crippen molar-refractivity contribution in [2.45, 2.75) is 6.54 Å². The van der Waals surface area contributed by atoms with Crippen LogP contribution in [0.4, 0.5) is 0 Å². The molecule has 0 saturated heterocycles. The van der Waals surface area contributed by atoms with Gasteiger partial charge in [-0.2, -0.15) is 0 Å². The molecule has 7 heteroatoms. The minimum Gasteiger partial charge on any atom is -0.497 e. The molecule has 29 heavy (non-hydrogen) atoms. The van der Waals surface area contributed by atoms with Crippen molar-refractivity contribution in [3.05, 3.63) is 65.9 Å². The minimum absolute atomic E-state index is 0.163. The van der Waals surface area contributed by atoms with Crippen LogP contribution < -0.4 is 9.47 Å². The number of ether oxygens (including phenoxy) is 3. The minimum atomic E-state index is -0.519. The van der Waals surface area contributed by atoms with Gasteiger partial charge < -0.3 is 19.1 Å². The molecule has 1 amide bonds. The lowest BCUT2D eigenvalue weighted by Crippen LogP contribution is -2.36. The number of nitrogens with zero attached hydrogens (tertiary/aromatic N) is 2. The zero-order chi connectivity index (χ0) is 20.8. The molecule has 1 aromatic heterocycles. The van der Waals surface area contributed by atoms with Crippen LogP contribution >= 0.6 is 0 Å². The Morgan fingerprint density at radius 1 is 0.931 bits per heavy atom. The highest BCUT2D eigenvalue weighted by molar-refractivity contribution is 5.96. The maximum Gasteiger partial charge on any atom is 0.325 e. The van der Waals surface area contributed by atoms with E-state index in [-0.39, 0.29) is 24.7 Å². The standard InChI is InChI=1S/C22H22N2O5/c1-27-17-10-15(11-18(12-17)28-2)13-24(14-21(25)29-3)22(26)20-9-8-16-6-4-5-7-19(16)23-20/h4-12H,13-14H2,1-3H3. The summed E-state index contributed by atoms with van der Waals surface area (Å²) in [5, 5.41) is 0.932. The van der Waals surface area contributed by atoms with E-state index in [9.17, 15) is 9.59 Å². The average molecular weight is 394 g/mol. The van der Waals surface area contributed by atoms with Gasteiger partial charge in [0.25, 0.3) is 5.91 Å². The molecule has 0 atom stereocenters. The van der Waals surface area contributed by atoms with Gasteiger partial charge >= 0.3 is 5.97 Å². The molecular formula is C22H22N2O5. The van der Waals surface area contributed by atoms with E-state index in [0.29, 0.717) is 17.0 Å². The van der Waals surface area contributed by atoms with Crippen molar-refractivity contribution in [1.82, 2.24) is 9.88 Å². The zero-order valence-electron chi connectivity index (χ0n) is 16.5. The smallest absolute Gasteiger partial charge is 0.325 e. The quantitative estimate of drug-likeness (QED) is 0.573. The molecule has 0 bridgehead atoms. The predicted molar refractivity (Wildman–Crippen MR) is 108 cm³/mol. The van der Waals surface area contributed by atoms with Gasteiger partial charge in [-0.15, -0.1) is 0 Å². The highest BCUT2D eigenvalue weighted by atomic mass is 16.5. The fraction of sp³-hybridized carbons (Fsp3) is 0.227. The first-order valence-electron chi connectivity index (χ1n) is 8.98. The van der Waals surface area contributed by atoms with Gasteiger partial charge in [-0.25, -0.2) is 4.98 Å². The number of rotatable bonds is 7. The van der Waals surface area contributed by atoms with Crippen LogP contribution in [0.3, 0.4) is 0 Å². The second kappa shape index (κ2) is 9.05. The Kier molecular flexibility index (Phi) is 6.29. The molecule has 7 nitrogen and oxygen atoms in total. The second-order valence-electron chi connectivity index (χ2n) is 6.35. The van der Waals surface area contributed by atoms with E-state index in [1.807, 2.05) is 30.3 Å². The van der Waals surface area contributed by atoms with E-state index in [0.717, 1.165) is 10.9 Å². The van der Waals surface area contributed by atoms with Crippen molar-refractivity contribution in [2.75, 3.05) is 27.9 Å². The SMILES string of the molecule is COC(=O)CN(Cc1cc(OC)cc(OC)c1)C(=O)c1ccc2ccccc2n1. The third-order valence-corrected chi connectivity index (χ3v) is 4.44. The summed E-state index contributed by atoms with van der Waals surface area (Å²) in [6.07, 6.45) is 0.